The molecule has 146 valence electrons. The normalized spacial score (nSPS) is 20.9. The number of benzene rings is 2. The third-order valence-corrected chi connectivity index (χ3v) is 6.54. The molecule has 1 aliphatic carbocycles. The third kappa shape index (κ3) is 4.23. The maximum atomic E-state index is 11.4. The van der Waals surface area contributed by atoms with E-state index in [2.05, 4.69) is 19.2 Å². The molecule has 2 aromatic rings. The highest BCUT2D eigenvalue weighted by molar-refractivity contribution is 7.89. The topological polar surface area (TPSA) is 81.4 Å². The lowest BCUT2D eigenvalue weighted by molar-refractivity contribution is 0.341. The van der Waals surface area contributed by atoms with E-state index in [9.17, 15) is 8.42 Å². The predicted molar refractivity (Wildman–Crippen MR) is 109 cm³/mol. The van der Waals surface area contributed by atoms with Gasteiger partial charge in [-0.2, -0.15) is 0 Å². The lowest BCUT2D eigenvalue weighted by atomic mass is 10.0. The van der Waals surface area contributed by atoms with Crippen LogP contribution in [0.3, 0.4) is 0 Å². The molecule has 1 saturated carbocycles. The monoisotopic (exact) mass is 408 g/mol. The maximum Gasteiger partial charge on any atom is 0.238 e. The molecule has 0 bridgehead atoms. The molecule has 3 rings (SSSR count). The van der Waals surface area contributed by atoms with Crippen molar-refractivity contribution in [3.8, 4) is 5.75 Å². The van der Waals surface area contributed by atoms with Gasteiger partial charge >= 0.3 is 0 Å². The predicted octanol–water partition coefficient (Wildman–Crippen LogP) is 4.24. The first-order chi connectivity index (χ1) is 12.6. The number of halogens is 1. The highest BCUT2D eigenvalue weighted by Crippen LogP contribution is 2.64. The third-order valence-electron chi connectivity index (χ3n) is 5.37. The molecule has 0 amide bonds. The minimum Gasteiger partial charge on any atom is -0.492 e. The van der Waals surface area contributed by atoms with Crippen LogP contribution < -0.4 is 15.2 Å². The molecule has 3 N–H and O–H groups in total. The number of nitrogens with one attached hydrogen (secondary N) is 1. The van der Waals surface area contributed by atoms with Gasteiger partial charge in [-0.05, 0) is 60.1 Å². The molecule has 0 aromatic heterocycles. The Balaban J connectivity index is 1.73. The van der Waals surface area contributed by atoms with E-state index in [1.54, 1.807) is 12.1 Å². The van der Waals surface area contributed by atoms with Crippen molar-refractivity contribution in [2.24, 2.45) is 16.5 Å². The summed E-state index contributed by atoms with van der Waals surface area (Å²) in [7, 11) is -3.67. The molecule has 1 aliphatic rings. The van der Waals surface area contributed by atoms with Gasteiger partial charge in [0.2, 0.25) is 10.0 Å². The van der Waals surface area contributed by atoms with E-state index in [4.69, 9.17) is 21.5 Å². The van der Waals surface area contributed by atoms with Crippen LogP contribution in [0.2, 0.25) is 5.02 Å². The highest BCUT2D eigenvalue weighted by Gasteiger charge is 2.57. The van der Waals surface area contributed by atoms with Crippen molar-refractivity contribution in [3.63, 3.8) is 0 Å². The van der Waals surface area contributed by atoms with Crippen molar-refractivity contribution in [1.82, 2.24) is 0 Å². The molecule has 7 heteroatoms. The first-order valence-corrected chi connectivity index (χ1v) is 10.9. The van der Waals surface area contributed by atoms with Gasteiger partial charge in [0.25, 0.3) is 0 Å². The molecule has 2 atom stereocenters. The summed E-state index contributed by atoms with van der Waals surface area (Å²) >= 11 is 6.13. The Labute approximate surface area is 165 Å². The number of hydrogen-bond donors (Lipinski definition) is 2. The minimum absolute atomic E-state index is 0.112. The average molecular weight is 409 g/mol. The van der Waals surface area contributed by atoms with Gasteiger partial charge in [0.05, 0.1) is 17.2 Å². The Hall–Kier alpha value is -1.76. The quantitative estimate of drug-likeness (QED) is 0.717. The highest BCUT2D eigenvalue weighted by atomic mass is 35.5. The molecule has 1 fully saturated rings. The lowest BCUT2D eigenvalue weighted by Crippen LogP contribution is -2.11. The number of hydrogen-bond acceptors (Lipinski definition) is 4. The molecule has 2 aromatic carbocycles. The largest absolute Gasteiger partial charge is 0.492 e. The van der Waals surface area contributed by atoms with E-state index in [1.165, 1.54) is 0 Å². The lowest BCUT2D eigenvalue weighted by Gasteiger charge is -2.13. The van der Waals surface area contributed by atoms with Crippen molar-refractivity contribution in [1.29, 1.82) is 0 Å². The van der Waals surface area contributed by atoms with E-state index in [0.717, 1.165) is 23.5 Å². The van der Waals surface area contributed by atoms with Gasteiger partial charge in [-0.25, -0.2) is 13.6 Å². The summed E-state index contributed by atoms with van der Waals surface area (Å²) in [5.74, 6) is 1.54. The summed E-state index contributed by atoms with van der Waals surface area (Å²) in [4.78, 5) is 0.139. The first-order valence-electron chi connectivity index (χ1n) is 8.93. The number of anilines is 1. The molecular weight excluding hydrogens is 384 g/mol. The molecule has 0 heterocycles. The maximum absolute atomic E-state index is 11.4. The summed E-state index contributed by atoms with van der Waals surface area (Å²) < 4.78 is 28.5. The van der Waals surface area contributed by atoms with Gasteiger partial charge in [-0.15, -0.1) is 0 Å². The molecule has 0 unspecified atom stereocenters. The molecule has 27 heavy (non-hydrogen) atoms. The average Bonchev–Trinajstić information content (AvgIpc) is 3.15. The first kappa shape index (κ1) is 20.0. The second-order valence-electron chi connectivity index (χ2n) is 7.47. The smallest absolute Gasteiger partial charge is 0.238 e. The standard InChI is InChI=1S/C20H25ClN2O3S/c1-4-26-18-10-7-14(21)11-17(18)23-12-16-19(20(16,2)3)13-5-8-15(9-6-13)27(22,24)25/h5-11,16,19,23H,4,12H2,1-3H3,(H2,22,24,25)/t16-,19-/m0/s1. The van der Waals surface area contributed by atoms with Gasteiger partial charge in [-0.3, -0.25) is 0 Å². The molecule has 0 spiro atoms. The van der Waals surface area contributed by atoms with Crippen molar-refractivity contribution >= 4 is 27.3 Å². The van der Waals surface area contributed by atoms with Crippen LogP contribution in [-0.4, -0.2) is 21.6 Å². The second-order valence-corrected chi connectivity index (χ2v) is 9.47. The fourth-order valence-electron chi connectivity index (χ4n) is 3.79. The summed E-state index contributed by atoms with van der Waals surface area (Å²) in [5.41, 5.74) is 2.12. The minimum atomic E-state index is -3.67. The molecule has 5 nitrogen and oxygen atoms in total. The van der Waals surface area contributed by atoms with Crippen molar-refractivity contribution < 1.29 is 13.2 Å². The van der Waals surface area contributed by atoms with E-state index in [-0.39, 0.29) is 10.3 Å². The zero-order chi connectivity index (χ0) is 19.8. The van der Waals surface area contributed by atoms with Gasteiger partial charge in [0.15, 0.2) is 0 Å². The van der Waals surface area contributed by atoms with Gasteiger partial charge in [-0.1, -0.05) is 37.6 Å². The van der Waals surface area contributed by atoms with Crippen molar-refractivity contribution in [3.05, 3.63) is 53.1 Å². The zero-order valence-corrected chi connectivity index (χ0v) is 17.3. The van der Waals surface area contributed by atoms with Gasteiger partial charge in [0.1, 0.15) is 5.75 Å². The number of primary sulfonamides is 1. The van der Waals surface area contributed by atoms with E-state index in [1.807, 2.05) is 37.3 Å². The molecule has 0 radical (unpaired) electrons. The number of sulfonamides is 1. The van der Waals surface area contributed by atoms with Crippen LogP contribution in [0, 0.1) is 11.3 Å². The van der Waals surface area contributed by atoms with Crippen LogP contribution >= 0.6 is 11.6 Å². The summed E-state index contributed by atoms with van der Waals surface area (Å²) in [6.07, 6.45) is 0. The zero-order valence-electron chi connectivity index (χ0n) is 15.7. The van der Waals surface area contributed by atoms with E-state index < -0.39 is 10.0 Å². The summed E-state index contributed by atoms with van der Waals surface area (Å²) in [6.45, 7) is 7.75. The Morgan fingerprint density at radius 1 is 1.19 bits per heavy atom. The Kier molecular flexibility index (Phi) is 5.43. The Morgan fingerprint density at radius 3 is 2.44 bits per heavy atom. The number of nitrogens with two attached hydrogens (primary N) is 1. The van der Waals surface area contributed by atoms with Crippen LogP contribution in [0.25, 0.3) is 0 Å². The van der Waals surface area contributed by atoms with Crippen LogP contribution in [0.1, 0.15) is 32.3 Å². The summed E-state index contributed by atoms with van der Waals surface area (Å²) in [5, 5.41) is 9.31. The fourth-order valence-corrected chi connectivity index (χ4v) is 4.48. The van der Waals surface area contributed by atoms with E-state index >= 15 is 0 Å². The molecule has 0 aliphatic heterocycles. The number of ether oxygens (including phenoxy) is 1. The van der Waals surface area contributed by atoms with Crippen molar-refractivity contribution in [2.45, 2.75) is 31.6 Å². The second kappa shape index (κ2) is 7.34. The van der Waals surface area contributed by atoms with Crippen molar-refractivity contribution in [2.75, 3.05) is 18.5 Å². The van der Waals surface area contributed by atoms with Crippen LogP contribution in [-0.2, 0) is 10.0 Å². The Bertz CT molecular complexity index is 927. The molecule has 0 saturated heterocycles. The number of rotatable bonds is 7. The van der Waals surface area contributed by atoms with E-state index in [0.29, 0.717) is 23.5 Å². The Morgan fingerprint density at radius 2 is 1.85 bits per heavy atom. The van der Waals surface area contributed by atoms with Crippen LogP contribution in [0.15, 0.2) is 47.4 Å². The summed E-state index contributed by atoms with van der Waals surface area (Å²) in [6, 6.07) is 12.4. The molecular formula is C20H25ClN2O3S. The van der Waals surface area contributed by atoms with Crippen LogP contribution in [0.4, 0.5) is 5.69 Å². The van der Waals surface area contributed by atoms with Crippen LogP contribution in [0.5, 0.6) is 5.75 Å². The van der Waals surface area contributed by atoms with Gasteiger partial charge in [0, 0.05) is 11.6 Å². The van der Waals surface area contributed by atoms with Gasteiger partial charge < -0.3 is 10.1 Å². The fraction of sp³-hybridized carbons (Fsp3) is 0.400. The SMILES string of the molecule is CCOc1ccc(Cl)cc1NC[C@H]1[C@H](c2ccc(S(N)(=O)=O)cc2)C1(C)C.